The maximum absolute atomic E-state index is 14.1. The number of carbonyl (C=O) groups excluding carboxylic acids is 1. The second-order valence-electron chi connectivity index (χ2n) is 9.38. The summed E-state index contributed by atoms with van der Waals surface area (Å²) < 4.78 is 14.8. The first-order valence-electron chi connectivity index (χ1n) is 13.2. The number of aromatic nitrogens is 2. The van der Waals surface area contributed by atoms with E-state index in [-0.39, 0.29) is 23.4 Å². The molecule has 0 fully saturated rings. The van der Waals surface area contributed by atoms with Crippen molar-refractivity contribution in [2.24, 2.45) is 4.99 Å². The number of halogens is 1. The number of nitrogens with zero attached hydrogens (tertiary/aromatic N) is 4. The zero-order valence-corrected chi connectivity index (χ0v) is 24.6. The number of rotatable bonds is 9. The summed E-state index contributed by atoms with van der Waals surface area (Å²) in [7, 11) is 1.52. The first kappa shape index (κ1) is 29.0. The smallest absolute Gasteiger partial charge is 0.338 e. The van der Waals surface area contributed by atoms with Gasteiger partial charge in [0.05, 0.1) is 34.4 Å². The molecule has 0 radical (unpaired) electrons. The van der Waals surface area contributed by atoms with E-state index in [1.54, 1.807) is 43.3 Å². The van der Waals surface area contributed by atoms with E-state index in [1.807, 2.05) is 29.8 Å². The Morgan fingerprint density at radius 2 is 1.95 bits per heavy atom. The van der Waals surface area contributed by atoms with Crippen LogP contribution in [0, 0.1) is 10.1 Å². The largest absolute Gasteiger partial charge is 0.496 e. The summed E-state index contributed by atoms with van der Waals surface area (Å²) in [5.74, 6) is -0.0939. The highest BCUT2D eigenvalue weighted by Crippen LogP contribution is 2.38. The van der Waals surface area contributed by atoms with Gasteiger partial charge in [-0.2, -0.15) is 0 Å². The van der Waals surface area contributed by atoms with Crippen molar-refractivity contribution in [3.8, 4) is 11.4 Å². The third-order valence-electron chi connectivity index (χ3n) is 6.78. The van der Waals surface area contributed by atoms with E-state index in [1.165, 1.54) is 35.1 Å². The number of benzene rings is 2. The number of nitro groups is 1. The Morgan fingerprint density at radius 3 is 2.62 bits per heavy atom. The Kier molecular flexibility index (Phi) is 8.41. The molecule has 12 heteroatoms. The molecule has 42 heavy (non-hydrogen) atoms. The molecule has 0 unspecified atom stereocenters. The molecule has 0 saturated heterocycles. The molecule has 216 valence electrons. The fourth-order valence-corrected chi connectivity index (χ4v) is 6.14. The molecule has 0 saturated carbocycles. The second kappa shape index (κ2) is 12.2. The van der Waals surface area contributed by atoms with E-state index >= 15 is 0 Å². The van der Waals surface area contributed by atoms with Gasteiger partial charge in [-0.15, -0.1) is 0 Å². The summed E-state index contributed by atoms with van der Waals surface area (Å²) >= 11 is 7.62. The molecular formula is C30H27ClN4O6S. The van der Waals surface area contributed by atoms with E-state index in [0.29, 0.717) is 49.2 Å². The fourth-order valence-electron chi connectivity index (χ4n) is 4.95. The molecule has 2 aromatic carbocycles. The Morgan fingerprint density at radius 1 is 1.19 bits per heavy atom. The van der Waals surface area contributed by atoms with E-state index in [9.17, 15) is 19.7 Å². The van der Waals surface area contributed by atoms with Crippen molar-refractivity contribution in [2.75, 3.05) is 13.7 Å². The summed E-state index contributed by atoms with van der Waals surface area (Å²) in [5, 5.41) is 11.5. The monoisotopic (exact) mass is 606 g/mol. The summed E-state index contributed by atoms with van der Waals surface area (Å²) in [5.41, 5.74) is 2.37. The van der Waals surface area contributed by atoms with Crippen molar-refractivity contribution in [2.45, 2.75) is 32.7 Å². The van der Waals surface area contributed by atoms with E-state index in [2.05, 4.69) is 0 Å². The molecule has 10 nitrogen and oxygen atoms in total. The number of methoxy groups -OCH3 is 1. The van der Waals surface area contributed by atoms with Gasteiger partial charge in [0, 0.05) is 40.3 Å². The van der Waals surface area contributed by atoms with Crippen LogP contribution in [-0.2, 0) is 9.53 Å². The molecule has 0 bridgehead atoms. The number of esters is 1. The van der Waals surface area contributed by atoms with Gasteiger partial charge in [0.25, 0.3) is 11.2 Å². The molecule has 1 atom stereocenters. The lowest BCUT2D eigenvalue weighted by Gasteiger charge is -2.27. The number of ether oxygens (including phenoxy) is 2. The lowest BCUT2D eigenvalue weighted by Crippen LogP contribution is -2.40. The average Bonchev–Trinajstić information content (AvgIpc) is 3.56. The third kappa shape index (κ3) is 5.40. The van der Waals surface area contributed by atoms with Gasteiger partial charge in [-0.25, -0.2) is 9.79 Å². The number of allylic oxidation sites excluding steroid dienone is 1. The molecule has 2 aromatic heterocycles. The van der Waals surface area contributed by atoms with E-state index in [0.717, 1.165) is 6.42 Å². The minimum absolute atomic E-state index is 0.0162. The van der Waals surface area contributed by atoms with Crippen molar-refractivity contribution in [3.05, 3.63) is 118 Å². The zero-order chi connectivity index (χ0) is 30.0. The number of fused-ring (bicyclic) bond motifs is 1. The van der Waals surface area contributed by atoms with Crippen LogP contribution in [0.1, 0.15) is 44.0 Å². The first-order valence-corrected chi connectivity index (χ1v) is 14.4. The number of non-ortho nitro benzene ring substituents is 1. The summed E-state index contributed by atoms with van der Waals surface area (Å²) in [6.07, 6.45) is 4.77. The molecule has 0 N–H and O–H groups in total. The predicted molar refractivity (Wildman–Crippen MR) is 160 cm³/mol. The van der Waals surface area contributed by atoms with Crippen LogP contribution < -0.4 is 19.6 Å². The van der Waals surface area contributed by atoms with E-state index < -0.39 is 16.9 Å². The van der Waals surface area contributed by atoms with Crippen molar-refractivity contribution >= 4 is 40.7 Å². The third-order valence-corrected chi connectivity index (χ3v) is 7.99. The lowest BCUT2D eigenvalue weighted by atomic mass is 9.93. The fraction of sp³-hybridized carbons (Fsp3) is 0.233. The maximum atomic E-state index is 14.1. The molecule has 4 aromatic rings. The predicted octanol–water partition coefficient (Wildman–Crippen LogP) is 4.94. The minimum atomic E-state index is -0.876. The normalized spacial score (nSPS) is 14.9. The van der Waals surface area contributed by atoms with Crippen LogP contribution >= 0.6 is 22.9 Å². The van der Waals surface area contributed by atoms with Crippen LogP contribution in [0.25, 0.3) is 11.8 Å². The summed E-state index contributed by atoms with van der Waals surface area (Å²) in [4.78, 5) is 43.4. The highest BCUT2D eigenvalue weighted by atomic mass is 35.5. The molecule has 1 aliphatic heterocycles. The summed E-state index contributed by atoms with van der Waals surface area (Å²) in [6, 6.07) is 14.0. The van der Waals surface area contributed by atoms with Gasteiger partial charge in [-0.1, -0.05) is 36.3 Å². The van der Waals surface area contributed by atoms with Crippen LogP contribution in [-0.4, -0.2) is 33.7 Å². The van der Waals surface area contributed by atoms with Crippen molar-refractivity contribution in [1.82, 2.24) is 9.13 Å². The topological polar surface area (TPSA) is 118 Å². The molecule has 0 aliphatic carbocycles. The number of nitro benzene ring substituents is 1. The Hall–Kier alpha value is -4.48. The molecule has 3 heterocycles. The van der Waals surface area contributed by atoms with Crippen LogP contribution in [0.2, 0.25) is 5.02 Å². The Bertz CT molecular complexity index is 1890. The number of thiazole rings is 1. The number of carbonyl (C=O) groups is 1. The standard InChI is InChI=1S/C30H27ClN4O6S/c1-4-7-23-26(29(37)41-5-2)27(22-16-18(31)9-14-24(22)40-3)34-28(36)25(42-30(34)32-23)17-21-8-6-15-33(21)19-10-12-20(13-11-19)35(38)39/h6,8-17,27H,4-5,7H2,1-3H3/b25-17+/t27-/m1/s1. The highest BCUT2D eigenvalue weighted by molar-refractivity contribution is 7.07. The maximum Gasteiger partial charge on any atom is 0.338 e. The quantitative estimate of drug-likeness (QED) is 0.151. The van der Waals surface area contributed by atoms with Gasteiger partial charge in [0.15, 0.2) is 4.80 Å². The SMILES string of the molecule is CCCC1=C(C(=O)OCC)[C@@H](c2cc(Cl)ccc2OC)n2c(s/c(=C/c3cccn3-c3ccc([N+](=O)[O-])cc3)c2=O)=N1. The van der Waals surface area contributed by atoms with Crippen molar-refractivity contribution in [3.63, 3.8) is 0 Å². The van der Waals surface area contributed by atoms with Crippen LogP contribution in [0.15, 0.2) is 81.9 Å². The molecular weight excluding hydrogens is 580 g/mol. The van der Waals surface area contributed by atoms with Crippen LogP contribution in [0.3, 0.4) is 0 Å². The lowest BCUT2D eigenvalue weighted by molar-refractivity contribution is -0.384. The van der Waals surface area contributed by atoms with Crippen LogP contribution in [0.5, 0.6) is 5.75 Å². The molecule has 0 spiro atoms. The zero-order valence-electron chi connectivity index (χ0n) is 23.1. The van der Waals surface area contributed by atoms with E-state index in [4.69, 9.17) is 26.1 Å². The summed E-state index contributed by atoms with van der Waals surface area (Å²) in [6.45, 7) is 3.87. The van der Waals surface area contributed by atoms with Gasteiger partial charge in [0.1, 0.15) is 11.8 Å². The van der Waals surface area contributed by atoms with Gasteiger partial charge >= 0.3 is 5.97 Å². The molecule has 1 aliphatic rings. The van der Waals surface area contributed by atoms with Gasteiger partial charge in [-0.05, 0) is 61.9 Å². The van der Waals surface area contributed by atoms with Gasteiger partial charge in [0.2, 0.25) is 0 Å². The first-order chi connectivity index (χ1) is 20.3. The highest BCUT2D eigenvalue weighted by Gasteiger charge is 2.36. The van der Waals surface area contributed by atoms with Crippen LogP contribution in [0.4, 0.5) is 5.69 Å². The van der Waals surface area contributed by atoms with Crippen molar-refractivity contribution < 1.29 is 19.2 Å². The second-order valence-corrected chi connectivity index (χ2v) is 10.8. The Balaban J connectivity index is 1.73. The average molecular weight is 607 g/mol. The molecule has 5 rings (SSSR count). The Labute approximate surface area is 249 Å². The molecule has 0 amide bonds. The van der Waals surface area contributed by atoms with Gasteiger partial charge in [-0.3, -0.25) is 19.5 Å². The number of hydrogen-bond acceptors (Lipinski definition) is 8. The minimum Gasteiger partial charge on any atom is -0.496 e. The van der Waals surface area contributed by atoms with Gasteiger partial charge < -0.3 is 14.0 Å². The number of hydrogen-bond donors (Lipinski definition) is 0. The van der Waals surface area contributed by atoms with Crippen molar-refractivity contribution in [1.29, 1.82) is 0 Å².